The number of hydrogen-bond acceptors (Lipinski definition) is 4. The van der Waals surface area contributed by atoms with Crippen LogP contribution >= 0.6 is 0 Å². The molecule has 1 heterocycles. The molecule has 3 rings (SSSR count). The molecule has 2 aromatic rings. The van der Waals surface area contributed by atoms with E-state index in [0.29, 0.717) is 19.8 Å². The number of aliphatic imine (C=N–C) groups is 1. The van der Waals surface area contributed by atoms with Crippen LogP contribution in [0.5, 0.6) is 17.2 Å². The standard InChI is InChI=1S/C21H27N3O3/c1-3-22-21(23-12-11-16-7-4-5-8-18(16)25-2)24-17-9-10-19-20(15-17)27-14-6-13-26-19/h4-5,7-10,15H,3,6,11-14H2,1-2H3,(H2,22,23,24). The molecule has 0 spiro atoms. The molecule has 1 aliphatic rings. The monoisotopic (exact) mass is 369 g/mol. The number of para-hydroxylation sites is 1. The summed E-state index contributed by atoms with van der Waals surface area (Å²) >= 11 is 0. The maximum atomic E-state index is 5.76. The highest BCUT2D eigenvalue weighted by Gasteiger charge is 2.11. The van der Waals surface area contributed by atoms with Gasteiger partial charge in [-0.1, -0.05) is 18.2 Å². The number of nitrogens with zero attached hydrogens (tertiary/aromatic N) is 1. The molecule has 2 N–H and O–H groups in total. The lowest BCUT2D eigenvalue weighted by Crippen LogP contribution is -2.30. The fraction of sp³-hybridized carbons (Fsp3) is 0.381. The predicted molar refractivity (Wildman–Crippen MR) is 108 cm³/mol. The van der Waals surface area contributed by atoms with Crippen LogP contribution in [0.4, 0.5) is 5.69 Å². The molecule has 0 amide bonds. The first-order valence-electron chi connectivity index (χ1n) is 9.37. The minimum Gasteiger partial charge on any atom is -0.496 e. The van der Waals surface area contributed by atoms with E-state index in [1.807, 2.05) is 43.3 Å². The Morgan fingerprint density at radius 3 is 2.74 bits per heavy atom. The third kappa shape index (κ3) is 5.29. The molecule has 0 unspecified atom stereocenters. The van der Waals surface area contributed by atoms with Gasteiger partial charge < -0.3 is 24.8 Å². The molecule has 0 atom stereocenters. The van der Waals surface area contributed by atoms with Crippen molar-refractivity contribution in [3.05, 3.63) is 48.0 Å². The lowest BCUT2D eigenvalue weighted by Gasteiger charge is -2.14. The van der Waals surface area contributed by atoms with Crippen molar-refractivity contribution in [1.82, 2.24) is 5.32 Å². The second-order valence-corrected chi connectivity index (χ2v) is 6.16. The van der Waals surface area contributed by atoms with Gasteiger partial charge in [-0.15, -0.1) is 0 Å². The minimum atomic E-state index is 0.653. The molecule has 0 aliphatic carbocycles. The predicted octanol–water partition coefficient (Wildman–Crippen LogP) is 3.48. The molecule has 27 heavy (non-hydrogen) atoms. The Kier molecular flexibility index (Phi) is 6.79. The molecule has 2 aromatic carbocycles. The number of benzene rings is 2. The quantitative estimate of drug-likeness (QED) is 0.603. The molecular formula is C21H27N3O3. The Labute approximate surface area is 160 Å². The summed E-state index contributed by atoms with van der Waals surface area (Å²) in [5.74, 6) is 3.19. The van der Waals surface area contributed by atoms with Crippen LogP contribution in [-0.2, 0) is 6.42 Å². The molecule has 0 radical (unpaired) electrons. The molecule has 1 aliphatic heterocycles. The van der Waals surface area contributed by atoms with E-state index in [1.165, 1.54) is 0 Å². The molecule has 0 saturated heterocycles. The van der Waals surface area contributed by atoms with Crippen LogP contribution in [0.3, 0.4) is 0 Å². The van der Waals surface area contributed by atoms with Gasteiger partial charge in [0.1, 0.15) is 5.75 Å². The van der Waals surface area contributed by atoms with E-state index in [2.05, 4.69) is 21.7 Å². The number of fused-ring (bicyclic) bond motifs is 1. The van der Waals surface area contributed by atoms with Crippen molar-refractivity contribution in [3.8, 4) is 17.2 Å². The smallest absolute Gasteiger partial charge is 0.195 e. The van der Waals surface area contributed by atoms with Gasteiger partial charge >= 0.3 is 0 Å². The van der Waals surface area contributed by atoms with E-state index >= 15 is 0 Å². The van der Waals surface area contributed by atoms with Crippen molar-refractivity contribution in [2.45, 2.75) is 19.8 Å². The molecule has 144 valence electrons. The summed E-state index contributed by atoms with van der Waals surface area (Å²) in [5.41, 5.74) is 2.06. The summed E-state index contributed by atoms with van der Waals surface area (Å²) in [6.07, 6.45) is 1.70. The average Bonchev–Trinajstić information content (AvgIpc) is 2.93. The van der Waals surface area contributed by atoms with Crippen molar-refractivity contribution in [2.75, 3.05) is 38.7 Å². The number of ether oxygens (including phenoxy) is 3. The second kappa shape index (κ2) is 9.71. The topological polar surface area (TPSA) is 64.1 Å². The largest absolute Gasteiger partial charge is 0.496 e. The van der Waals surface area contributed by atoms with Crippen LogP contribution in [0.1, 0.15) is 18.9 Å². The third-order valence-corrected chi connectivity index (χ3v) is 4.20. The van der Waals surface area contributed by atoms with Crippen LogP contribution in [-0.4, -0.2) is 39.4 Å². The van der Waals surface area contributed by atoms with E-state index in [9.17, 15) is 0 Å². The van der Waals surface area contributed by atoms with Gasteiger partial charge in [-0.3, -0.25) is 4.99 Å². The Morgan fingerprint density at radius 2 is 1.93 bits per heavy atom. The number of anilines is 1. The summed E-state index contributed by atoms with van der Waals surface area (Å²) in [5, 5.41) is 6.61. The zero-order valence-corrected chi connectivity index (χ0v) is 16.0. The van der Waals surface area contributed by atoms with Gasteiger partial charge in [0.2, 0.25) is 0 Å². The zero-order valence-electron chi connectivity index (χ0n) is 16.0. The highest BCUT2D eigenvalue weighted by molar-refractivity contribution is 5.93. The fourth-order valence-corrected chi connectivity index (χ4v) is 2.88. The summed E-state index contributed by atoms with van der Waals surface area (Å²) in [7, 11) is 1.69. The molecule has 6 nitrogen and oxygen atoms in total. The summed E-state index contributed by atoms with van der Waals surface area (Å²) < 4.78 is 16.8. The SMILES string of the molecule is CCNC(=NCCc1ccccc1OC)Nc1ccc2c(c1)OCCCO2. The number of guanidine groups is 1. The lowest BCUT2D eigenvalue weighted by molar-refractivity contribution is 0.297. The van der Waals surface area contributed by atoms with Gasteiger partial charge in [0.05, 0.1) is 20.3 Å². The highest BCUT2D eigenvalue weighted by Crippen LogP contribution is 2.32. The van der Waals surface area contributed by atoms with Crippen molar-refractivity contribution < 1.29 is 14.2 Å². The molecule has 0 bridgehead atoms. The van der Waals surface area contributed by atoms with Crippen LogP contribution < -0.4 is 24.8 Å². The molecule has 0 fully saturated rings. The molecule has 0 aromatic heterocycles. The highest BCUT2D eigenvalue weighted by atomic mass is 16.5. The van der Waals surface area contributed by atoms with Gasteiger partial charge in [0.25, 0.3) is 0 Å². The van der Waals surface area contributed by atoms with Gasteiger partial charge in [-0.05, 0) is 37.1 Å². The van der Waals surface area contributed by atoms with Crippen molar-refractivity contribution in [1.29, 1.82) is 0 Å². The maximum absolute atomic E-state index is 5.76. The van der Waals surface area contributed by atoms with Crippen LogP contribution in [0.2, 0.25) is 0 Å². The summed E-state index contributed by atoms with van der Waals surface area (Å²) in [6.45, 7) is 4.84. The summed E-state index contributed by atoms with van der Waals surface area (Å²) in [4.78, 5) is 4.68. The number of hydrogen-bond donors (Lipinski definition) is 2. The van der Waals surface area contributed by atoms with Crippen molar-refractivity contribution in [2.24, 2.45) is 4.99 Å². The average molecular weight is 369 g/mol. The Morgan fingerprint density at radius 1 is 1.11 bits per heavy atom. The van der Waals surface area contributed by atoms with Crippen molar-refractivity contribution in [3.63, 3.8) is 0 Å². The number of methoxy groups -OCH3 is 1. The van der Waals surface area contributed by atoms with E-state index in [0.717, 1.165) is 53.8 Å². The van der Waals surface area contributed by atoms with E-state index in [-0.39, 0.29) is 0 Å². The maximum Gasteiger partial charge on any atom is 0.195 e. The fourth-order valence-electron chi connectivity index (χ4n) is 2.88. The van der Waals surface area contributed by atoms with E-state index in [1.54, 1.807) is 7.11 Å². The van der Waals surface area contributed by atoms with E-state index < -0.39 is 0 Å². The first kappa shape index (κ1) is 18.9. The molecule has 0 saturated carbocycles. The van der Waals surface area contributed by atoms with Crippen LogP contribution in [0, 0.1) is 0 Å². The Balaban J connectivity index is 1.66. The Hall–Kier alpha value is -2.89. The second-order valence-electron chi connectivity index (χ2n) is 6.16. The minimum absolute atomic E-state index is 0.653. The van der Waals surface area contributed by atoms with Gasteiger partial charge in [0, 0.05) is 31.3 Å². The lowest BCUT2D eigenvalue weighted by atomic mass is 10.1. The summed E-state index contributed by atoms with van der Waals surface area (Å²) in [6, 6.07) is 13.9. The van der Waals surface area contributed by atoms with Gasteiger partial charge in [-0.25, -0.2) is 0 Å². The molecule has 6 heteroatoms. The number of rotatable bonds is 6. The normalized spacial score (nSPS) is 13.6. The van der Waals surface area contributed by atoms with Gasteiger partial charge in [-0.2, -0.15) is 0 Å². The molecular weight excluding hydrogens is 342 g/mol. The first-order valence-corrected chi connectivity index (χ1v) is 9.37. The third-order valence-electron chi connectivity index (χ3n) is 4.20. The van der Waals surface area contributed by atoms with E-state index in [4.69, 9.17) is 14.2 Å². The first-order chi connectivity index (χ1) is 13.3. The zero-order chi connectivity index (χ0) is 18.9. The van der Waals surface area contributed by atoms with Crippen LogP contribution in [0.25, 0.3) is 0 Å². The Bertz CT molecular complexity index is 777. The van der Waals surface area contributed by atoms with Crippen LogP contribution in [0.15, 0.2) is 47.5 Å². The number of nitrogens with one attached hydrogen (secondary N) is 2. The van der Waals surface area contributed by atoms with Crippen molar-refractivity contribution >= 4 is 11.6 Å². The van der Waals surface area contributed by atoms with Gasteiger partial charge in [0.15, 0.2) is 17.5 Å².